The number of carbonyl (C=O) groups excluding carboxylic acids is 1. The molecule has 6 nitrogen and oxygen atoms in total. The Balaban J connectivity index is 2.30. The first-order valence-corrected chi connectivity index (χ1v) is 8.73. The van der Waals surface area contributed by atoms with Crippen molar-refractivity contribution in [3.63, 3.8) is 0 Å². The molecule has 130 valence electrons. The molecule has 0 unspecified atom stereocenters. The molecule has 0 atom stereocenters. The van der Waals surface area contributed by atoms with Crippen LogP contribution in [0.5, 0.6) is 0 Å². The largest absolute Gasteiger partial charge is 0.383 e. The molecule has 1 aromatic carbocycles. The third-order valence-corrected chi connectivity index (χ3v) is 4.17. The van der Waals surface area contributed by atoms with Gasteiger partial charge in [0.25, 0.3) is 5.56 Å². The van der Waals surface area contributed by atoms with Crippen LogP contribution in [0.4, 0.5) is 0 Å². The Morgan fingerprint density at radius 2 is 2.04 bits per heavy atom. The zero-order chi connectivity index (χ0) is 17.7. The van der Waals surface area contributed by atoms with E-state index < -0.39 is 0 Å². The molecule has 0 bridgehead atoms. The van der Waals surface area contributed by atoms with E-state index in [4.69, 9.17) is 4.74 Å². The minimum absolute atomic E-state index is 0.0896. The Morgan fingerprint density at radius 3 is 2.71 bits per heavy atom. The molecule has 0 aliphatic heterocycles. The second-order valence-electron chi connectivity index (χ2n) is 6.45. The molecular weight excluding hydrogens is 326 g/mol. The molecule has 1 aromatic heterocycles. The summed E-state index contributed by atoms with van der Waals surface area (Å²) in [6.07, 6.45) is 0. The Hall–Kier alpha value is -1.86. The van der Waals surface area contributed by atoms with Crippen molar-refractivity contribution < 1.29 is 9.53 Å². The van der Waals surface area contributed by atoms with Crippen molar-refractivity contribution in [3.8, 4) is 0 Å². The van der Waals surface area contributed by atoms with Gasteiger partial charge in [-0.2, -0.15) is 0 Å². The van der Waals surface area contributed by atoms with E-state index in [0.717, 1.165) is 0 Å². The van der Waals surface area contributed by atoms with Gasteiger partial charge in [0.1, 0.15) is 0 Å². The molecule has 1 amide bonds. The Kier molecular flexibility index (Phi) is 6.01. The number of benzene rings is 1. The molecule has 2 rings (SSSR count). The average Bonchev–Trinajstić information content (AvgIpc) is 2.50. The van der Waals surface area contributed by atoms with Crippen LogP contribution in [0.2, 0.25) is 0 Å². The fourth-order valence-electron chi connectivity index (χ4n) is 2.22. The van der Waals surface area contributed by atoms with E-state index in [1.807, 2.05) is 32.9 Å². The lowest BCUT2D eigenvalue weighted by Gasteiger charge is -2.20. The lowest BCUT2D eigenvalue weighted by molar-refractivity contribution is -0.119. The van der Waals surface area contributed by atoms with Crippen molar-refractivity contribution in [1.82, 2.24) is 14.9 Å². The normalized spacial score (nSPS) is 11.7. The van der Waals surface area contributed by atoms with E-state index >= 15 is 0 Å². The monoisotopic (exact) mass is 349 g/mol. The molecule has 0 fully saturated rings. The van der Waals surface area contributed by atoms with Gasteiger partial charge in [0.2, 0.25) is 5.91 Å². The second-order valence-corrected chi connectivity index (χ2v) is 7.39. The van der Waals surface area contributed by atoms with Crippen LogP contribution in [-0.2, 0) is 16.1 Å². The number of ether oxygens (including phenoxy) is 1. The summed E-state index contributed by atoms with van der Waals surface area (Å²) in [6, 6.07) is 7.22. The van der Waals surface area contributed by atoms with Crippen LogP contribution in [-0.4, -0.2) is 40.5 Å². The van der Waals surface area contributed by atoms with Gasteiger partial charge in [0.15, 0.2) is 5.16 Å². The van der Waals surface area contributed by atoms with Gasteiger partial charge >= 0.3 is 0 Å². The maximum Gasteiger partial charge on any atom is 0.262 e. The smallest absolute Gasteiger partial charge is 0.262 e. The van der Waals surface area contributed by atoms with Crippen LogP contribution >= 0.6 is 11.8 Å². The zero-order valence-corrected chi connectivity index (χ0v) is 15.3. The quantitative estimate of drug-likeness (QED) is 0.638. The number of thioether (sulfide) groups is 1. The highest BCUT2D eigenvalue weighted by Crippen LogP contribution is 2.18. The van der Waals surface area contributed by atoms with Crippen molar-refractivity contribution in [2.75, 3.05) is 19.5 Å². The maximum atomic E-state index is 12.7. The van der Waals surface area contributed by atoms with Crippen molar-refractivity contribution >= 4 is 28.6 Å². The van der Waals surface area contributed by atoms with Gasteiger partial charge in [-0.05, 0) is 32.9 Å². The fourth-order valence-corrected chi connectivity index (χ4v) is 3.05. The number of hydrogen-bond donors (Lipinski definition) is 1. The fraction of sp³-hybridized carbons (Fsp3) is 0.471. The van der Waals surface area contributed by atoms with Gasteiger partial charge in [-0.25, -0.2) is 4.98 Å². The number of methoxy groups -OCH3 is 1. The van der Waals surface area contributed by atoms with Crippen LogP contribution in [0.1, 0.15) is 20.8 Å². The number of rotatable bonds is 6. The molecule has 0 saturated carbocycles. The van der Waals surface area contributed by atoms with Crippen molar-refractivity contribution in [2.24, 2.45) is 0 Å². The predicted molar refractivity (Wildman–Crippen MR) is 96.5 cm³/mol. The van der Waals surface area contributed by atoms with E-state index in [0.29, 0.717) is 29.2 Å². The standard InChI is InChI=1S/C17H23N3O3S/c1-17(2,3)19-14(21)11-24-16-18-13-8-6-5-7-12(13)15(22)20(16)9-10-23-4/h5-8H,9-11H2,1-4H3,(H,19,21). The molecule has 0 aliphatic carbocycles. The molecule has 1 N–H and O–H groups in total. The van der Waals surface area contributed by atoms with Gasteiger partial charge in [-0.15, -0.1) is 0 Å². The topological polar surface area (TPSA) is 73.2 Å². The number of carbonyl (C=O) groups is 1. The number of hydrogen-bond acceptors (Lipinski definition) is 5. The number of amides is 1. The molecule has 0 radical (unpaired) electrons. The first kappa shape index (κ1) is 18.5. The molecule has 0 aliphatic rings. The lowest BCUT2D eigenvalue weighted by atomic mass is 10.1. The highest BCUT2D eigenvalue weighted by molar-refractivity contribution is 7.99. The van der Waals surface area contributed by atoms with E-state index in [1.54, 1.807) is 23.8 Å². The summed E-state index contributed by atoms with van der Waals surface area (Å²) >= 11 is 1.26. The van der Waals surface area contributed by atoms with Crippen molar-refractivity contribution in [3.05, 3.63) is 34.6 Å². The molecule has 7 heteroatoms. The van der Waals surface area contributed by atoms with Crippen molar-refractivity contribution in [2.45, 2.75) is 38.0 Å². The summed E-state index contributed by atoms with van der Waals surface area (Å²) in [4.78, 5) is 29.3. The Morgan fingerprint density at radius 1 is 1.33 bits per heavy atom. The number of nitrogens with one attached hydrogen (secondary N) is 1. The Labute approximate surface area is 145 Å². The van der Waals surface area contributed by atoms with Gasteiger partial charge in [-0.3, -0.25) is 14.2 Å². The molecule has 0 spiro atoms. The Bertz CT molecular complexity index is 781. The van der Waals surface area contributed by atoms with Crippen molar-refractivity contribution in [1.29, 1.82) is 0 Å². The van der Waals surface area contributed by atoms with Gasteiger partial charge in [-0.1, -0.05) is 23.9 Å². The van der Waals surface area contributed by atoms with Gasteiger partial charge in [0.05, 0.1) is 29.8 Å². The third-order valence-electron chi connectivity index (χ3n) is 3.19. The average molecular weight is 349 g/mol. The van der Waals surface area contributed by atoms with E-state index in [-0.39, 0.29) is 22.8 Å². The van der Waals surface area contributed by atoms with Crippen LogP contribution in [0, 0.1) is 0 Å². The van der Waals surface area contributed by atoms with E-state index in [2.05, 4.69) is 10.3 Å². The molecule has 1 heterocycles. The summed E-state index contributed by atoms with van der Waals surface area (Å²) in [7, 11) is 1.59. The minimum Gasteiger partial charge on any atom is -0.383 e. The summed E-state index contributed by atoms with van der Waals surface area (Å²) < 4.78 is 6.65. The number of para-hydroxylation sites is 1. The zero-order valence-electron chi connectivity index (χ0n) is 14.5. The molecular formula is C17H23N3O3S. The highest BCUT2D eigenvalue weighted by atomic mass is 32.2. The lowest BCUT2D eigenvalue weighted by Crippen LogP contribution is -2.41. The summed E-state index contributed by atoms with van der Waals surface area (Å²) in [5.74, 6) is 0.114. The summed E-state index contributed by atoms with van der Waals surface area (Å²) in [5.41, 5.74) is 0.232. The highest BCUT2D eigenvalue weighted by Gasteiger charge is 2.16. The SMILES string of the molecule is COCCn1c(SCC(=O)NC(C)(C)C)nc2ccccc2c1=O. The molecule has 0 saturated heterocycles. The summed E-state index contributed by atoms with van der Waals surface area (Å²) in [5, 5.41) is 4.00. The van der Waals surface area contributed by atoms with Crippen LogP contribution < -0.4 is 10.9 Å². The molecule has 2 aromatic rings. The van der Waals surface area contributed by atoms with E-state index in [9.17, 15) is 9.59 Å². The number of aromatic nitrogens is 2. The first-order valence-electron chi connectivity index (χ1n) is 7.74. The van der Waals surface area contributed by atoms with Crippen LogP contribution in [0.15, 0.2) is 34.2 Å². The third kappa shape index (κ3) is 4.82. The summed E-state index contributed by atoms with van der Waals surface area (Å²) in [6.45, 7) is 6.59. The van der Waals surface area contributed by atoms with Gasteiger partial charge < -0.3 is 10.1 Å². The minimum atomic E-state index is -0.288. The first-order chi connectivity index (χ1) is 11.3. The molecule has 24 heavy (non-hydrogen) atoms. The maximum absolute atomic E-state index is 12.7. The van der Waals surface area contributed by atoms with Crippen LogP contribution in [0.25, 0.3) is 10.9 Å². The number of nitrogens with zero attached hydrogens (tertiary/aromatic N) is 2. The second kappa shape index (κ2) is 7.81. The van der Waals surface area contributed by atoms with Crippen LogP contribution in [0.3, 0.4) is 0 Å². The number of fused-ring (bicyclic) bond motifs is 1. The predicted octanol–water partition coefficient (Wildman–Crippen LogP) is 2.05. The van der Waals surface area contributed by atoms with E-state index in [1.165, 1.54) is 11.8 Å². The van der Waals surface area contributed by atoms with Gasteiger partial charge in [0, 0.05) is 12.6 Å².